The molecule has 144 valence electrons. The lowest BCUT2D eigenvalue weighted by molar-refractivity contribution is 0.0724. The number of hydrogen-bond donors (Lipinski definition) is 0. The number of ether oxygens (including phenoxy) is 2. The molecule has 0 bridgehead atoms. The minimum absolute atomic E-state index is 0.109. The number of nitrogens with zero attached hydrogens (tertiary/aromatic N) is 2. The summed E-state index contributed by atoms with van der Waals surface area (Å²) in [5, 5.41) is 0. The van der Waals surface area contributed by atoms with Gasteiger partial charge in [0, 0.05) is 11.1 Å². The van der Waals surface area contributed by atoms with E-state index in [1.165, 1.54) is 0 Å². The fourth-order valence-corrected chi connectivity index (χ4v) is 4.37. The third-order valence-electron chi connectivity index (χ3n) is 5.45. The molecule has 2 aromatic rings. The fourth-order valence-electron chi connectivity index (χ4n) is 3.96. The highest BCUT2D eigenvalue weighted by atomic mass is 32.1. The maximum absolute atomic E-state index is 13.4. The number of rotatable bonds is 4. The van der Waals surface area contributed by atoms with Crippen molar-refractivity contribution in [2.24, 2.45) is 4.99 Å². The Morgan fingerprint density at radius 1 is 0.964 bits per heavy atom. The molecule has 1 heterocycles. The average Bonchev–Trinajstić information content (AvgIpc) is 3.32. The minimum atomic E-state index is -0.566. The van der Waals surface area contributed by atoms with Gasteiger partial charge in [-0.25, -0.2) is 0 Å². The monoisotopic (exact) mass is 394 g/mol. The van der Waals surface area contributed by atoms with Gasteiger partial charge < -0.3 is 9.47 Å². The van der Waals surface area contributed by atoms with E-state index in [-0.39, 0.29) is 5.91 Å². The van der Waals surface area contributed by atoms with Crippen LogP contribution >= 0.6 is 12.2 Å². The molecule has 2 aromatic carbocycles. The van der Waals surface area contributed by atoms with E-state index >= 15 is 0 Å². The first-order valence-electron chi connectivity index (χ1n) is 9.35. The van der Waals surface area contributed by atoms with Crippen LogP contribution in [0, 0.1) is 0 Å². The lowest BCUT2D eigenvalue weighted by Crippen LogP contribution is -2.48. The minimum Gasteiger partial charge on any atom is -0.497 e. The van der Waals surface area contributed by atoms with Crippen molar-refractivity contribution in [2.75, 3.05) is 14.2 Å². The number of aliphatic imine (C=N–C) groups is 1. The van der Waals surface area contributed by atoms with Crippen molar-refractivity contribution in [1.29, 1.82) is 0 Å². The highest BCUT2D eigenvalue weighted by Gasteiger charge is 2.50. The molecule has 0 radical (unpaired) electrons. The third kappa shape index (κ3) is 3.07. The van der Waals surface area contributed by atoms with Crippen molar-refractivity contribution in [3.63, 3.8) is 0 Å². The zero-order valence-corrected chi connectivity index (χ0v) is 16.8. The molecule has 6 heteroatoms. The topological polar surface area (TPSA) is 51.1 Å². The second-order valence-corrected chi connectivity index (χ2v) is 7.44. The first kappa shape index (κ1) is 18.6. The van der Waals surface area contributed by atoms with Crippen LogP contribution in [0.4, 0.5) is 0 Å². The van der Waals surface area contributed by atoms with Gasteiger partial charge in [-0.1, -0.05) is 12.2 Å². The molecule has 1 spiro atoms. The van der Waals surface area contributed by atoms with Crippen molar-refractivity contribution in [2.45, 2.75) is 31.3 Å². The predicted octanol–water partition coefficient (Wildman–Crippen LogP) is 4.25. The van der Waals surface area contributed by atoms with Crippen molar-refractivity contribution in [3.8, 4) is 11.5 Å². The van der Waals surface area contributed by atoms with Gasteiger partial charge in [0.1, 0.15) is 27.9 Å². The molecule has 0 N–H and O–H groups in total. The molecule has 2 aliphatic rings. The quantitative estimate of drug-likeness (QED) is 0.728. The Labute approximate surface area is 170 Å². The number of thiocarbonyl (C=S) groups is 1. The van der Waals surface area contributed by atoms with Gasteiger partial charge in [-0.05, 0) is 74.2 Å². The molecule has 1 saturated carbocycles. The predicted molar refractivity (Wildman–Crippen MR) is 112 cm³/mol. The Hall–Kier alpha value is -2.73. The number of methoxy groups -OCH3 is 2. The summed E-state index contributed by atoms with van der Waals surface area (Å²) >= 11 is 5.76. The van der Waals surface area contributed by atoms with E-state index in [0.717, 1.165) is 37.0 Å². The fraction of sp³-hybridized carbons (Fsp3) is 0.318. The van der Waals surface area contributed by atoms with Gasteiger partial charge in [0.2, 0.25) is 0 Å². The molecule has 0 saturated heterocycles. The Balaban J connectivity index is 1.70. The molecular formula is C22H22N2O3S. The highest BCUT2D eigenvalue weighted by Crippen LogP contribution is 2.42. The maximum Gasteiger partial charge on any atom is 0.260 e. The van der Waals surface area contributed by atoms with E-state index in [4.69, 9.17) is 26.7 Å². The van der Waals surface area contributed by atoms with E-state index < -0.39 is 5.66 Å². The van der Waals surface area contributed by atoms with Gasteiger partial charge in [-0.3, -0.25) is 14.7 Å². The summed E-state index contributed by atoms with van der Waals surface area (Å²) < 4.78 is 10.4. The summed E-state index contributed by atoms with van der Waals surface area (Å²) in [4.78, 5) is 20.6. The maximum atomic E-state index is 13.4. The lowest BCUT2D eigenvalue weighted by atomic mass is 10.1. The summed E-state index contributed by atoms with van der Waals surface area (Å²) in [5.41, 5.74) is 1.63. The molecule has 1 aliphatic heterocycles. The van der Waals surface area contributed by atoms with E-state index in [9.17, 15) is 4.79 Å². The van der Waals surface area contributed by atoms with Crippen molar-refractivity contribution >= 4 is 28.8 Å². The van der Waals surface area contributed by atoms with Gasteiger partial charge in [0.25, 0.3) is 5.91 Å². The largest absolute Gasteiger partial charge is 0.497 e. The molecule has 1 amide bonds. The first-order chi connectivity index (χ1) is 13.6. The number of carbonyl (C=O) groups is 1. The lowest BCUT2D eigenvalue weighted by Gasteiger charge is -2.32. The van der Waals surface area contributed by atoms with Gasteiger partial charge >= 0.3 is 0 Å². The Morgan fingerprint density at radius 2 is 1.50 bits per heavy atom. The van der Waals surface area contributed by atoms with Gasteiger partial charge in [-0.2, -0.15) is 0 Å². The van der Waals surface area contributed by atoms with Crippen molar-refractivity contribution in [3.05, 3.63) is 59.7 Å². The Bertz CT molecular complexity index is 929. The number of amides is 1. The molecule has 0 aromatic heterocycles. The van der Waals surface area contributed by atoms with Gasteiger partial charge in [-0.15, -0.1) is 0 Å². The smallest absolute Gasteiger partial charge is 0.260 e. The Kier molecular flexibility index (Phi) is 4.89. The third-order valence-corrected chi connectivity index (χ3v) is 5.83. The standard InChI is InChI=1S/C22H22N2O3S/c1-26-17-9-5-15(6-10-17)19-21(28)24(22(23-19)13-3-4-14-22)20(25)16-7-11-18(27-2)12-8-16/h5-12H,3-4,13-14H2,1-2H3. The Morgan fingerprint density at radius 3 is 2.04 bits per heavy atom. The van der Waals surface area contributed by atoms with Crippen LogP contribution in [-0.2, 0) is 0 Å². The molecule has 0 atom stereocenters. The molecular weight excluding hydrogens is 372 g/mol. The molecule has 4 rings (SSSR count). The first-order valence-corrected chi connectivity index (χ1v) is 9.76. The summed E-state index contributed by atoms with van der Waals surface area (Å²) in [6.45, 7) is 0. The van der Waals surface area contributed by atoms with Crippen molar-refractivity contribution < 1.29 is 14.3 Å². The summed E-state index contributed by atoms with van der Waals surface area (Å²) in [7, 11) is 3.24. The summed E-state index contributed by atoms with van der Waals surface area (Å²) in [6.07, 6.45) is 3.73. The molecule has 5 nitrogen and oxygen atoms in total. The number of carbonyl (C=O) groups excluding carboxylic acids is 1. The van der Waals surface area contributed by atoms with Crippen LogP contribution in [0.2, 0.25) is 0 Å². The van der Waals surface area contributed by atoms with E-state index in [0.29, 0.717) is 22.0 Å². The van der Waals surface area contributed by atoms with Crippen LogP contribution in [0.25, 0.3) is 0 Å². The van der Waals surface area contributed by atoms with Gasteiger partial charge in [0.05, 0.1) is 14.2 Å². The zero-order valence-electron chi connectivity index (χ0n) is 16.0. The number of benzene rings is 2. The molecule has 1 fully saturated rings. The second kappa shape index (κ2) is 7.36. The van der Waals surface area contributed by atoms with E-state index in [2.05, 4.69) is 0 Å². The SMILES string of the molecule is COc1ccc(C(=O)N2C(=S)C(c3ccc(OC)cc3)=NC23CCCC3)cc1. The zero-order chi connectivity index (χ0) is 19.7. The van der Waals surface area contributed by atoms with Crippen LogP contribution in [0.1, 0.15) is 41.6 Å². The normalized spacial score (nSPS) is 17.7. The summed E-state index contributed by atoms with van der Waals surface area (Å²) in [6, 6.07) is 14.8. The second-order valence-electron chi connectivity index (χ2n) is 7.05. The van der Waals surface area contributed by atoms with Crippen LogP contribution in [-0.4, -0.2) is 41.4 Å². The van der Waals surface area contributed by atoms with Crippen LogP contribution in [0.5, 0.6) is 11.5 Å². The van der Waals surface area contributed by atoms with E-state index in [1.54, 1.807) is 43.4 Å². The molecule has 28 heavy (non-hydrogen) atoms. The average molecular weight is 394 g/mol. The highest BCUT2D eigenvalue weighted by molar-refractivity contribution is 7.82. The molecule has 0 unspecified atom stereocenters. The van der Waals surface area contributed by atoms with Crippen molar-refractivity contribution in [1.82, 2.24) is 4.90 Å². The van der Waals surface area contributed by atoms with Crippen LogP contribution < -0.4 is 9.47 Å². The van der Waals surface area contributed by atoms with Crippen LogP contribution in [0.3, 0.4) is 0 Å². The van der Waals surface area contributed by atoms with Crippen LogP contribution in [0.15, 0.2) is 53.5 Å². The number of hydrogen-bond acceptors (Lipinski definition) is 5. The summed E-state index contributed by atoms with van der Waals surface area (Å²) in [5.74, 6) is 1.38. The van der Waals surface area contributed by atoms with Gasteiger partial charge in [0.15, 0.2) is 0 Å². The molecule has 1 aliphatic carbocycles. The van der Waals surface area contributed by atoms with E-state index in [1.807, 2.05) is 24.3 Å².